The van der Waals surface area contributed by atoms with Crippen LogP contribution in [0.4, 0.5) is 0 Å². The van der Waals surface area contributed by atoms with Crippen LogP contribution < -0.4 is 5.32 Å². The largest absolute Gasteiger partial charge is 0.457 e. The molecule has 0 unspecified atom stereocenters. The number of nitriles is 1. The van der Waals surface area contributed by atoms with Crippen molar-refractivity contribution in [2.75, 3.05) is 7.05 Å². The molecule has 100 valence electrons. The van der Waals surface area contributed by atoms with Crippen LogP contribution in [0.5, 0.6) is 0 Å². The molecule has 1 aromatic heterocycles. The van der Waals surface area contributed by atoms with Crippen molar-refractivity contribution in [3.8, 4) is 17.4 Å². The van der Waals surface area contributed by atoms with E-state index in [1.165, 1.54) is 13.1 Å². The molecule has 0 fully saturated rings. The fourth-order valence-corrected chi connectivity index (χ4v) is 1.89. The van der Waals surface area contributed by atoms with Crippen LogP contribution in [0.2, 0.25) is 5.02 Å². The van der Waals surface area contributed by atoms with E-state index in [9.17, 15) is 4.79 Å². The summed E-state index contributed by atoms with van der Waals surface area (Å²) in [6, 6.07) is 12.5. The van der Waals surface area contributed by atoms with Gasteiger partial charge < -0.3 is 9.73 Å². The Bertz CT molecular complexity index is 711. The number of benzene rings is 1. The molecule has 1 amide bonds. The Morgan fingerprint density at radius 3 is 2.75 bits per heavy atom. The Labute approximate surface area is 121 Å². The van der Waals surface area contributed by atoms with Gasteiger partial charge in [0.15, 0.2) is 0 Å². The van der Waals surface area contributed by atoms with Crippen LogP contribution in [0.15, 0.2) is 46.4 Å². The van der Waals surface area contributed by atoms with Crippen molar-refractivity contribution in [2.24, 2.45) is 0 Å². The van der Waals surface area contributed by atoms with Gasteiger partial charge in [0, 0.05) is 18.7 Å². The first-order valence-corrected chi connectivity index (χ1v) is 6.22. The minimum absolute atomic E-state index is 0.0208. The van der Waals surface area contributed by atoms with Crippen LogP contribution in [0.1, 0.15) is 5.76 Å². The topological polar surface area (TPSA) is 66.0 Å². The van der Waals surface area contributed by atoms with Gasteiger partial charge in [-0.25, -0.2) is 0 Å². The first-order valence-electron chi connectivity index (χ1n) is 5.84. The predicted octanol–water partition coefficient (Wildman–Crippen LogP) is 3.25. The van der Waals surface area contributed by atoms with Crippen molar-refractivity contribution in [3.05, 3.63) is 52.8 Å². The van der Waals surface area contributed by atoms with Crippen LogP contribution in [0.25, 0.3) is 17.4 Å². The lowest BCUT2D eigenvalue weighted by molar-refractivity contribution is -0.116. The highest BCUT2D eigenvalue weighted by atomic mass is 35.5. The number of hydrogen-bond donors (Lipinski definition) is 1. The smallest absolute Gasteiger partial charge is 0.261 e. The van der Waals surface area contributed by atoms with E-state index in [1.54, 1.807) is 18.2 Å². The number of hydrogen-bond acceptors (Lipinski definition) is 3. The second-order valence-electron chi connectivity index (χ2n) is 3.93. The van der Waals surface area contributed by atoms with E-state index in [4.69, 9.17) is 21.3 Å². The molecule has 1 N–H and O–H groups in total. The molecule has 0 aliphatic carbocycles. The molecule has 1 aromatic carbocycles. The molecule has 0 saturated heterocycles. The Hall–Kier alpha value is -2.51. The number of likely N-dealkylation sites (N-methyl/N-ethyl adjacent to an activating group) is 1. The van der Waals surface area contributed by atoms with Gasteiger partial charge in [-0.05, 0) is 24.3 Å². The van der Waals surface area contributed by atoms with Gasteiger partial charge >= 0.3 is 0 Å². The number of amides is 1. The fraction of sp³-hybridized carbons (Fsp3) is 0.0667. The summed E-state index contributed by atoms with van der Waals surface area (Å²) in [4.78, 5) is 11.4. The molecule has 5 heteroatoms. The van der Waals surface area contributed by atoms with Gasteiger partial charge in [0.1, 0.15) is 23.2 Å². The number of furan rings is 1. The zero-order chi connectivity index (χ0) is 14.5. The van der Waals surface area contributed by atoms with E-state index in [0.717, 1.165) is 5.56 Å². The lowest BCUT2D eigenvalue weighted by atomic mass is 10.2. The average Bonchev–Trinajstić information content (AvgIpc) is 2.92. The first kappa shape index (κ1) is 13.9. The molecule has 2 rings (SSSR count). The van der Waals surface area contributed by atoms with Gasteiger partial charge in [-0.15, -0.1) is 0 Å². The molecule has 0 spiro atoms. The highest BCUT2D eigenvalue weighted by Gasteiger charge is 2.10. The van der Waals surface area contributed by atoms with E-state index in [-0.39, 0.29) is 5.57 Å². The third-order valence-corrected chi connectivity index (χ3v) is 2.97. The van der Waals surface area contributed by atoms with Gasteiger partial charge in [-0.3, -0.25) is 4.79 Å². The fourth-order valence-electron chi connectivity index (χ4n) is 1.66. The maximum atomic E-state index is 11.4. The summed E-state index contributed by atoms with van der Waals surface area (Å²) in [5, 5.41) is 11.9. The van der Waals surface area contributed by atoms with Crippen LogP contribution in [0.3, 0.4) is 0 Å². The third-order valence-electron chi connectivity index (χ3n) is 2.64. The van der Waals surface area contributed by atoms with Crippen LogP contribution >= 0.6 is 11.6 Å². The first-order chi connectivity index (χ1) is 9.65. The van der Waals surface area contributed by atoms with Crippen molar-refractivity contribution in [2.45, 2.75) is 0 Å². The maximum absolute atomic E-state index is 11.4. The minimum Gasteiger partial charge on any atom is -0.457 e. The van der Waals surface area contributed by atoms with Crippen LogP contribution in [-0.2, 0) is 4.79 Å². The number of rotatable bonds is 3. The number of carbonyl (C=O) groups is 1. The Morgan fingerprint density at radius 1 is 1.35 bits per heavy atom. The van der Waals surface area contributed by atoms with Crippen LogP contribution in [0, 0.1) is 11.3 Å². The molecule has 0 radical (unpaired) electrons. The monoisotopic (exact) mass is 286 g/mol. The van der Waals surface area contributed by atoms with E-state index in [2.05, 4.69) is 5.32 Å². The van der Waals surface area contributed by atoms with Gasteiger partial charge in [0.25, 0.3) is 5.91 Å². The van der Waals surface area contributed by atoms with Crippen LogP contribution in [-0.4, -0.2) is 13.0 Å². The standard InChI is InChI=1S/C15H11ClN2O2/c1-18-15(19)10(9-17)8-11-6-7-14(20-11)12-4-2-3-5-13(12)16/h2-8H,1H3,(H,18,19). The normalized spacial score (nSPS) is 10.9. The Balaban J connectivity index is 2.35. The molecule has 0 atom stereocenters. The average molecular weight is 287 g/mol. The summed E-state index contributed by atoms with van der Waals surface area (Å²) >= 11 is 6.08. The zero-order valence-electron chi connectivity index (χ0n) is 10.7. The quantitative estimate of drug-likeness (QED) is 0.696. The van der Waals surface area contributed by atoms with E-state index < -0.39 is 5.91 Å². The molecule has 0 aliphatic heterocycles. The molecular formula is C15H11ClN2O2. The third kappa shape index (κ3) is 2.90. The Kier molecular flexibility index (Phi) is 4.24. The molecule has 0 bridgehead atoms. The van der Waals surface area contributed by atoms with Crippen molar-refractivity contribution in [3.63, 3.8) is 0 Å². The summed E-state index contributed by atoms with van der Waals surface area (Å²) in [7, 11) is 1.46. The SMILES string of the molecule is CNC(=O)C(C#N)=Cc1ccc(-c2ccccc2Cl)o1. The van der Waals surface area contributed by atoms with Crippen molar-refractivity contribution in [1.29, 1.82) is 5.26 Å². The highest BCUT2D eigenvalue weighted by molar-refractivity contribution is 6.33. The molecule has 1 heterocycles. The van der Waals surface area contributed by atoms with Gasteiger partial charge in [0.2, 0.25) is 0 Å². The summed E-state index contributed by atoms with van der Waals surface area (Å²) < 4.78 is 5.59. The predicted molar refractivity (Wildman–Crippen MR) is 76.8 cm³/mol. The maximum Gasteiger partial charge on any atom is 0.261 e. The molecule has 2 aromatic rings. The number of nitrogens with zero attached hydrogens (tertiary/aromatic N) is 1. The minimum atomic E-state index is -0.455. The van der Waals surface area contributed by atoms with Gasteiger partial charge in [0.05, 0.1) is 5.02 Å². The lowest BCUT2D eigenvalue weighted by Crippen LogP contribution is -2.18. The molecule has 4 nitrogen and oxygen atoms in total. The molecule has 0 aliphatic rings. The Morgan fingerprint density at radius 2 is 2.10 bits per heavy atom. The second-order valence-corrected chi connectivity index (χ2v) is 4.34. The second kappa shape index (κ2) is 6.09. The lowest BCUT2D eigenvalue weighted by Gasteiger charge is -1.99. The number of halogens is 1. The summed E-state index contributed by atoms with van der Waals surface area (Å²) in [6.45, 7) is 0. The number of nitrogens with one attached hydrogen (secondary N) is 1. The summed E-state index contributed by atoms with van der Waals surface area (Å²) in [5.41, 5.74) is 0.736. The number of carbonyl (C=O) groups excluding carboxylic acids is 1. The van der Waals surface area contributed by atoms with E-state index >= 15 is 0 Å². The van der Waals surface area contributed by atoms with Crippen molar-refractivity contribution < 1.29 is 9.21 Å². The van der Waals surface area contributed by atoms with Gasteiger partial charge in [-0.1, -0.05) is 23.7 Å². The zero-order valence-corrected chi connectivity index (χ0v) is 11.4. The van der Waals surface area contributed by atoms with Crippen molar-refractivity contribution >= 4 is 23.6 Å². The molecule has 20 heavy (non-hydrogen) atoms. The van der Waals surface area contributed by atoms with E-state index in [1.807, 2.05) is 24.3 Å². The van der Waals surface area contributed by atoms with Crippen molar-refractivity contribution in [1.82, 2.24) is 5.32 Å². The molecule has 0 saturated carbocycles. The summed E-state index contributed by atoms with van der Waals surface area (Å²) in [5.74, 6) is 0.541. The van der Waals surface area contributed by atoms with Gasteiger partial charge in [-0.2, -0.15) is 5.26 Å². The summed E-state index contributed by atoms with van der Waals surface area (Å²) in [6.07, 6.45) is 1.39. The van der Waals surface area contributed by atoms with E-state index in [0.29, 0.717) is 16.5 Å². The highest BCUT2D eigenvalue weighted by Crippen LogP contribution is 2.29. The molecular weight excluding hydrogens is 276 g/mol.